The molecular weight excluding hydrogens is 254 g/mol. The smallest absolute Gasteiger partial charge is 0.238 e. The molecule has 5 heteroatoms. The van der Waals surface area contributed by atoms with Gasteiger partial charge in [0.2, 0.25) is 5.91 Å². The van der Waals surface area contributed by atoms with E-state index in [4.69, 9.17) is 0 Å². The minimum Gasteiger partial charge on any atom is -0.388 e. The summed E-state index contributed by atoms with van der Waals surface area (Å²) in [5.41, 5.74) is 1.08. The highest BCUT2D eigenvalue weighted by molar-refractivity contribution is 5.92. The van der Waals surface area contributed by atoms with E-state index >= 15 is 0 Å². The molecule has 1 aromatic carbocycles. The molecule has 0 bridgehead atoms. The normalized spacial score (nSPS) is 14.1. The fraction of sp³-hybridized carbons (Fsp3) is 0.533. The highest BCUT2D eigenvalue weighted by atomic mass is 16.3. The average molecular weight is 279 g/mol. The van der Waals surface area contributed by atoms with Crippen LogP contribution in [0, 0.1) is 6.92 Å². The zero-order valence-electron chi connectivity index (χ0n) is 12.7. The molecule has 0 saturated heterocycles. The lowest BCUT2D eigenvalue weighted by atomic mass is 10.1. The zero-order valence-corrected chi connectivity index (χ0v) is 12.7. The number of hydrogen-bond donors (Lipinski definition) is 3. The number of nitrogens with one attached hydrogen (secondary N) is 2. The van der Waals surface area contributed by atoms with Crippen molar-refractivity contribution in [2.24, 2.45) is 0 Å². The molecule has 1 unspecified atom stereocenters. The maximum atomic E-state index is 11.7. The molecule has 0 aliphatic carbocycles. The Morgan fingerprint density at radius 1 is 1.30 bits per heavy atom. The Morgan fingerprint density at radius 3 is 2.45 bits per heavy atom. The Morgan fingerprint density at radius 2 is 1.90 bits per heavy atom. The van der Waals surface area contributed by atoms with Crippen LogP contribution in [0.2, 0.25) is 0 Å². The summed E-state index contributed by atoms with van der Waals surface area (Å²) in [5, 5.41) is 15.9. The molecule has 1 rings (SSSR count). The molecule has 1 amide bonds. The van der Waals surface area contributed by atoms with E-state index in [0.29, 0.717) is 13.1 Å². The lowest BCUT2D eigenvalue weighted by molar-refractivity contribution is -0.115. The number of carbonyl (C=O) groups is 1. The largest absolute Gasteiger partial charge is 0.388 e. The summed E-state index contributed by atoms with van der Waals surface area (Å²) >= 11 is 0. The highest BCUT2D eigenvalue weighted by Gasteiger charge is 2.20. The van der Waals surface area contributed by atoms with Crippen molar-refractivity contribution in [1.82, 2.24) is 10.2 Å². The Kier molecular flexibility index (Phi) is 6.13. The fourth-order valence-electron chi connectivity index (χ4n) is 2.02. The number of benzene rings is 1. The third kappa shape index (κ3) is 6.65. The molecule has 0 aromatic heterocycles. The number of anilines is 1. The van der Waals surface area contributed by atoms with Crippen LogP contribution in [-0.2, 0) is 4.79 Å². The van der Waals surface area contributed by atoms with Gasteiger partial charge < -0.3 is 20.6 Å². The first-order valence-corrected chi connectivity index (χ1v) is 6.73. The third-order valence-electron chi connectivity index (χ3n) is 2.78. The van der Waals surface area contributed by atoms with Crippen molar-refractivity contribution < 1.29 is 9.90 Å². The lowest BCUT2D eigenvalue weighted by Crippen LogP contribution is -2.47. The molecule has 3 N–H and O–H groups in total. The molecule has 0 heterocycles. The van der Waals surface area contributed by atoms with E-state index in [-0.39, 0.29) is 12.5 Å². The second-order valence-corrected chi connectivity index (χ2v) is 5.75. The van der Waals surface area contributed by atoms with E-state index < -0.39 is 5.60 Å². The third-order valence-corrected chi connectivity index (χ3v) is 2.78. The Bertz CT molecular complexity index is 427. The standard InChI is InChI=1S/C15H25N3O2/c1-12-5-7-13(8-6-12)17-14(19)9-16-10-15(2,20)11-18(3)4/h5-8,16,20H,9-11H2,1-4H3,(H,17,19). The topological polar surface area (TPSA) is 64.6 Å². The Labute approximate surface area is 121 Å². The SMILES string of the molecule is Cc1ccc(NC(=O)CNCC(C)(O)CN(C)C)cc1. The number of likely N-dealkylation sites (N-methyl/N-ethyl adjacent to an activating group) is 1. The summed E-state index contributed by atoms with van der Waals surface area (Å²) in [6.07, 6.45) is 0. The first kappa shape index (κ1) is 16.6. The number of amides is 1. The van der Waals surface area contributed by atoms with Crippen LogP contribution in [-0.4, -0.2) is 55.2 Å². The predicted octanol–water partition coefficient (Wildman–Crippen LogP) is 0.836. The van der Waals surface area contributed by atoms with Crippen LogP contribution in [0.1, 0.15) is 12.5 Å². The van der Waals surface area contributed by atoms with Crippen molar-refractivity contribution in [2.45, 2.75) is 19.4 Å². The Hall–Kier alpha value is -1.43. The average Bonchev–Trinajstić information content (AvgIpc) is 2.30. The van der Waals surface area contributed by atoms with Crippen LogP contribution >= 0.6 is 0 Å². The van der Waals surface area contributed by atoms with Crippen molar-refractivity contribution in [3.63, 3.8) is 0 Å². The minimum absolute atomic E-state index is 0.116. The zero-order chi connectivity index (χ0) is 15.2. The predicted molar refractivity (Wildman–Crippen MR) is 81.9 cm³/mol. The van der Waals surface area contributed by atoms with Crippen molar-refractivity contribution in [1.29, 1.82) is 0 Å². The van der Waals surface area contributed by atoms with Crippen LogP contribution in [0.4, 0.5) is 5.69 Å². The van der Waals surface area contributed by atoms with Crippen molar-refractivity contribution in [3.8, 4) is 0 Å². The van der Waals surface area contributed by atoms with E-state index in [2.05, 4.69) is 10.6 Å². The van der Waals surface area contributed by atoms with Gasteiger partial charge in [0, 0.05) is 18.8 Å². The van der Waals surface area contributed by atoms with Gasteiger partial charge in [0.15, 0.2) is 0 Å². The summed E-state index contributed by atoms with van der Waals surface area (Å²) < 4.78 is 0. The minimum atomic E-state index is -0.854. The van der Waals surface area contributed by atoms with E-state index in [1.165, 1.54) is 0 Å². The molecule has 5 nitrogen and oxygen atoms in total. The lowest BCUT2D eigenvalue weighted by Gasteiger charge is -2.27. The molecule has 20 heavy (non-hydrogen) atoms. The molecule has 0 fully saturated rings. The van der Waals surface area contributed by atoms with Gasteiger partial charge in [-0.15, -0.1) is 0 Å². The van der Waals surface area contributed by atoms with Crippen LogP contribution in [0.15, 0.2) is 24.3 Å². The van der Waals surface area contributed by atoms with Gasteiger partial charge in [-0.25, -0.2) is 0 Å². The molecule has 1 atom stereocenters. The molecular formula is C15H25N3O2. The van der Waals surface area contributed by atoms with Crippen molar-refractivity contribution in [2.75, 3.05) is 39.0 Å². The number of rotatable bonds is 7. The summed E-state index contributed by atoms with van der Waals surface area (Å²) in [6, 6.07) is 7.64. The van der Waals surface area contributed by atoms with Gasteiger partial charge in [0.1, 0.15) is 0 Å². The Balaban J connectivity index is 2.31. The fourth-order valence-corrected chi connectivity index (χ4v) is 2.02. The number of aryl methyl sites for hydroxylation is 1. The van der Waals surface area contributed by atoms with Crippen LogP contribution in [0.3, 0.4) is 0 Å². The van der Waals surface area contributed by atoms with Gasteiger partial charge in [-0.05, 0) is 40.1 Å². The van der Waals surface area contributed by atoms with Gasteiger partial charge in [-0.3, -0.25) is 4.79 Å². The maximum absolute atomic E-state index is 11.7. The van der Waals surface area contributed by atoms with E-state index in [0.717, 1.165) is 11.3 Å². The molecule has 0 saturated carbocycles. The van der Waals surface area contributed by atoms with E-state index in [1.807, 2.05) is 50.2 Å². The summed E-state index contributed by atoms with van der Waals surface area (Å²) in [5.74, 6) is -0.116. The first-order chi connectivity index (χ1) is 9.28. The first-order valence-electron chi connectivity index (χ1n) is 6.73. The molecule has 0 aliphatic rings. The van der Waals surface area contributed by atoms with Crippen molar-refractivity contribution in [3.05, 3.63) is 29.8 Å². The van der Waals surface area contributed by atoms with Gasteiger partial charge in [0.25, 0.3) is 0 Å². The quantitative estimate of drug-likeness (QED) is 0.692. The van der Waals surface area contributed by atoms with Gasteiger partial charge in [0.05, 0.1) is 12.1 Å². The number of hydrogen-bond acceptors (Lipinski definition) is 4. The molecule has 0 spiro atoms. The number of carbonyl (C=O) groups excluding carboxylic acids is 1. The summed E-state index contributed by atoms with van der Waals surface area (Å²) in [7, 11) is 3.80. The van der Waals surface area contributed by atoms with Crippen LogP contribution in [0.5, 0.6) is 0 Å². The summed E-state index contributed by atoms with van der Waals surface area (Å²) in [4.78, 5) is 13.7. The van der Waals surface area contributed by atoms with E-state index in [1.54, 1.807) is 6.92 Å². The second kappa shape index (κ2) is 7.38. The van der Waals surface area contributed by atoms with Crippen molar-refractivity contribution >= 4 is 11.6 Å². The van der Waals surface area contributed by atoms with Crippen LogP contribution < -0.4 is 10.6 Å². The number of nitrogens with zero attached hydrogens (tertiary/aromatic N) is 1. The molecule has 1 aromatic rings. The van der Waals surface area contributed by atoms with Gasteiger partial charge >= 0.3 is 0 Å². The van der Waals surface area contributed by atoms with Crippen LogP contribution in [0.25, 0.3) is 0 Å². The molecule has 0 aliphatic heterocycles. The summed E-state index contributed by atoms with van der Waals surface area (Å²) in [6.45, 7) is 4.83. The highest BCUT2D eigenvalue weighted by Crippen LogP contribution is 2.08. The monoisotopic (exact) mass is 279 g/mol. The molecule has 112 valence electrons. The van der Waals surface area contributed by atoms with E-state index in [9.17, 15) is 9.90 Å². The molecule has 0 radical (unpaired) electrons. The maximum Gasteiger partial charge on any atom is 0.238 e. The van der Waals surface area contributed by atoms with Gasteiger partial charge in [-0.2, -0.15) is 0 Å². The van der Waals surface area contributed by atoms with Gasteiger partial charge in [-0.1, -0.05) is 17.7 Å². The second-order valence-electron chi connectivity index (χ2n) is 5.75. The number of aliphatic hydroxyl groups is 1.